The Balaban J connectivity index is 1.55. The molecule has 0 saturated carbocycles. The lowest BCUT2D eigenvalue weighted by Crippen LogP contribution is -2.28. The summed E-state index contributed by atoms with van der Waals surface area (Å²) in [5.41, 5.74) is 2.43. The third-order valence-corrected chi connectivity index (χ3v) is 5.67. The van der Waals surface area contributed by atoms with Gasteiger partial charge in [0.15, 0.2) is 0 Å². The molecule has 0 aliphatic rings. The maximum absolute atomic E-state index is 13.9. The second-order valence-corrected chi connectivity index (χ2v) is 9.76. The number of carbonyl (C=O) groups is 2. The van der Waals surface area contributed by atoms with Crippen molar-refractivity contribution in [2.24, 2.45) is 0 Å². The summed E-state index contributed by atoms with van der Waals surface area (Å²) < 4.78 is 26.7. The van der Waals surface area contributed by atoms with Crippen LogP contribution in [0.1, 0.15) is 32.0 Å². The third-order valence-electron chi connectivity index (χ3n) is 5.36. The number of ether oxygens (including phenoxy) is 2. The second-order valence-electron chi connectivity index (χ2n) is 9.35. The Bertz CT molecular complexity index is 1440. The van der Waals surface area contributed by atoms with E-state index < -0.39 is 23.5 Å². The molecule has 0 unspecified atom stereocenters. The number of aromatic nitrogens is 1. The number of carbonyl (C=O) groups excluding carboxylic acids is 1. The van der Waals surface area contributed by atoms with E-state index in [0.717, 1.165) is 11.1 Å². The van der Waals surface area contributed by atoms with Gasteiger partial charge in [0.25, 0.3) is 0 Å². The molecule has 1 heterocycles. The van der Waals surface area contributed by atoms with Gasteiger partial charge < -0.3 is 14.6 Å². The first-order valence-corrected chi connectivity index (χ1v) is 11.6. The summed E-state index contributed by atoms with van der Waals surface area (Å²) in [6.07, 6.45) is -0.711. The zero-order valence-electron chi connectivity index (χ0n) is 20.0. The molecule has 0 aliphatic carbocycles. The van der Waals surface area contributed by atoms with Crippen molar-refractivity contribution < 1.29 is 28.6 Å². The van der Waals surface area contributed by atoms with Crippen molar-refractivity contribution in [1.82, 2.24) is 4.57 Å². The van der Waals surface area contributed by atoms with E-state index >= 15 is 0 Å². The van der Waals surface area contributed by atoms with Gasteiger partial charge in [0, 0.05) is 16.0 Å². The van der Waals surface area contributed by atoms with Gasteiger partial charge in [0.2, 0.25) is 0 Å². The van der Waals surface area contributed by atoms with Crippen LogP contribution in [0.3, 0.4) is 0 Å². The Hall–Kier alpha value is -3.84. The Morgan fingerprint density at radius 1 is 1.00 bits per heavy atom. The monoisotopic (exact) mass is 509 g/mol. The molecule has 3 aromatic carbocycles. The molecule has 6 nitrogen and oxygen atoms in total. The number of aliphatic carboxylic acids is 1. The largest absolute Gasteiger partial charge is 0.487 e. The van der Waals surface area contributed by atoms with E-state index in [-0.39, 0.29) is 13.0 Å². The molecule has 0 radical (unpaired) electrons. The molecule has 8 heteroatoms. The summed E-state index contributed by atoms with van der Waals surface area (Å²) in [6.45, 7) is 5.35. The van der Waals surface area contributed by atoms with Crippen LogP contribution in [0.2, 0.25) is 5.02 Å². The first kappa shape index (κ1) is 25.3. The number of carboxylic acids is 1. The first-order chi connectivity index (χ1) is 17.0. The molecular formula is C28H25ClFNO5. The van der Waals surface area contributed by atoms with Gasteiger partial charge in [-0.1, -0.05) is 35.9 Å². The van der Waals surface area contributed by atoms with Crippen molar-refractivity contribution in [1.29, 1.82) is 0 Å². The van der Waals surface area contributed by atoms with Gasteiger partial charge in [0.1, 0.15) is 23.8 Å². The van der Waals surface area contributed by atoms with Crippen LogP contribution in [0.4, 0.5) is 9.18 Å². The molecule has 0 aliphatic heterocycles. The van der Waals surface area contributed by atoms with Crippen LogP contribution in [-0.2, 0) is 22.6 Å². The van der Waals surface area contributed by atoms with Crippen molar-refractivity contribution in [2.45, 2.75) is 39.4 Å². The molecule has 0 saturated heterocycles. The van der Waals surface area contributed by atoms with E-state index in [9.17, 15) is 14.0 Å². The number of fused-ring (bicyclic) bond motifs is 1. The van der Waals surface area contributed by atoms with Crippen molar-refractivity contribution in [3.63, 3.8) is 0 Å². The van der Waals surface area contributed by atoms with Crippen LogP contribution >= 0.6 is 11.6 Å². The number of benzene rings is 3. The molecule has 0 fully saturated rings. The highest BCUT2D eigenvalue weighted by molar-refractivity contribution is 6.33. The summed E-state index contributed by atoms with van der Waals surface area (Å²) in [5.74, 6) is -0.816. The van der Waals surface area contributed by atoms with E-state index in [1.807, 2.05) is 12.1 Å². The molecule has 0 atom stereocenters. The van der Waals surface area contributed by atoms with Crippen LogP contribution in [0.15, 0.2) is 66.7 Å². The lowest BCUT2D eigenvalue weighted by atomic mass is 10.0. The molecule has 0 bridgehead atoms. The van der Waals surface area contributed by atoms with Crippen LogP contribution in [0.5, 0.6) is 5.75 Å². The smallest absolute Gasteiger partial charge is 0.419 e. The Morgan fingerprint density at radius 2 is 1.72 bits per heavy atom. The molecule has 1 N–H and O–H groups in total. The zero-order valence-corrected chi connectivity index (χ0v) is 20.8. The minimum atomic E-state index is -0.920. The minimum Gasteiger partial charge on any atom is -0.487 e. The summed E-state index contributed by atoms with van der Waals surface area (Å²) in [6, 6.07) is 18.4. The van der Waals surface area contributed by atoms with E-state index in [2.05, 4.69) is 0 Å². The lowest BCUT2D eigenvalue weighted by molar-refractivity contribution is -0.136. The van der Waals surface area contributed by atoms with Crippen molar-refractivity contribution >= 4 is 34.6 Å². The van der Waals surface area contributed by atoms with Crippen molar-refractivity contribution in [3.8, 4) is 16.9 Å². The van der Waals surface area contributed by atoms with E-state index in [1.165, 1.54) is 16.7 Å². The summed E-state index contributed by atoms with van der Waals surface area (Å²) in [5, 5.41) is 10.1. The SMILES string of the molecule is CC(C)(C)OC(=O)n1c(COc2ccc(-c3ccc(CC(=O)O)cc3Cl)cc2)cc2ccc(F)cc21. The second kappa shape index (κ2) is 10.0. The average Bonchev–Trinajstić information content (AvgIpc) is 3.14. The van der Waals surface area contributed by atoms with E-state index in [1.54, 1.807) is 63.2 Å². The zero-order chi connectivity index (χ0) is 26.0. The van der Waals surface area contributed by atoms with Crippen LogP contribution in [0.25, 0.3) is 22.0 Å². The van der Waals surface area contributed by atoms with Gasteiger partial charge in [-0.3, -0.25) is 4.79 Å². The molecule has 0 amide bonds. The standard InChI is InChI=1S/C28H25ClFNO5/c1-28(2,3)36-27(34)31-21(14-19-5-8-20(30)15-25(19)31)16-35-22-9-6-18(7-10-22)23-11-4-17(12-24(23)29)13-26(32)33/h4-12,14-15H,13,16H2,1-3H3,(H,32,33). The van der Waals surface area contributed by atoms with Gasteiger partial charge in [-0.2, -0.15) is 0 Å². The fourth-order valence-corrected chi connectivity index (χ4v) is 4.14. The molecule has 186 valence electrons. The lowest BCUT2D eigenvalue weighted by Gasteiger charge is -2.21. The molecule has 4 aromatic rings. The highest BCUT2D eigenvalue weighted by atomic mass is 35.5. The van der Waals surface area contributed by atoms with E-state index in [4.69, 9.17) is 26.2 Å². The number of carboxylic acid groups (broad SMARTS) is 1. The third kappa shape index (κ3) is 5.86. The van der Waals surface area contributed by atoms with Crippen LogP contribution in [-0.4, -0.2) is 27.3 Å². The van der Waals surface area contributed by atoms with Crippen LogP contribution in [0, 0.1) is 5.82 Å². The average molecular weight is 510 g/mol. The Labute approximate surface area is 212 Å². The van der Waals surface area contributed by atoms with Gasteiger partial charge >= 0.3 is 12.1 Å². The number of nitrogens with zero attached hydrogens (tertiary/aromatic N) is 1. The quantitative estimate of drug-likeness (QED) is 0.300. The summed E-state index contributed by atoms with van der Waals surface area (Å²) >= 11 is 6.37. The molecule has 4 rings (SSSR count). The Morgan fingerprint density at radius 3 is 2.36 bits per heavy atom. The van der Waals surface area contributed by atoms with Gasteiger partial charge in [0.05, 0.1) is 17.6 Å². The first-order valence-electron chi connectivity index (χ1n) is 11.3. The number of rotatable bonds is 6. The van der Waals surface area contributed by atoms with Gasteiger partial charge in [-0.05, 0) is 74.4 Å². The summed E-state index contributed by atoms with van der Waals surface area (Å²) in [7, 11) is 0. The summed E-state index contributed by atoms with van der Waals surface area (Å²) in [4.78, 5) is 23.8. The number of hydrogen-bond donors (Lipinski definition) is 1. The topological polar surface area (TPSA) is 77.8 Å². The predicted octanol–water partition coefficient (Wildman–Crippen LogP) is 7.09. The maximum Gasteiger partial charge on any atom is 0.419 e. The normalized spacial score (nSPS) is 11.5. The van der Waals surface area contributed by atoms with E-state index in [0.29, 0.717) is 32.9 Å². The van der Waals surface area contributed by atoms with Gasteiger partial charge in [-0.25, -0.2) is 13.8 Å². The predicted molar refractivity (Wildman–Crippen MR) is 136 cm³/mol. The Kier molecular flexibility index (Phi) is 7.04. The minimum absolute atomic E-state index is 0.0551. The highest BCUT2D eigenvalue weighted by Gasteiger charge is 2.22. The number of halogens is 2. The van der Waals surface area contributed by atoms with Crippen molar-refractivity contribution in [2.75, 3.05) is 0 Å². The fourth-order valence-electron chi connectivity index (χ4n) is 3.83. The highest BCUT2D eigenvalue weighted by Crippen LogP contribution is 2.31. The number of hydrogen-bond acceptors (Lipinski definition) is 4. The molecule has 1 aromatic heterocycles. The molecule has 0 spiro atoms. The fraction of sp³-hybridized carbons (Fsp3) is 0.214. The molecule has 36 heavy (non-hydrogen) atoms. The molecular weight excluding hydrogens is 485 g/mol. The van der Waals surface area contributed by atoms with Crippen LogP contribution < -0.4 is 4.74 Å². The van der Waals surface area contributed by atoms with Crippen molar-refractivity contribution in [3.05, 3.63) is 88.8 Å². The maximum atomic E-state index is 13.9. The van der Waals surface area contributed by atoms with Gasteiger partial charge in [-0.15, -0.1) is 0 Å².